The minimum absolute atomic E-state index is 0.293. The summed E-state index contributed by atoms with van der Waals surface area (Å²) in [5.41, 5.74) is 4.00. The fraction of sp³-hybridized carbons (Fsp3) is 0.538. The lowest BCUT2D eigenvalue weighted by Crippen LogP contribution is -2.05. The van der Waals surface area contributed by atoms with Gasteiger partial charge in [0.15, 0.2) is 5.65 Å². The van der Waals surface area contributed by atoms with Gasteiger partial charge in [-0.05, 0) is 39.7 Å². The molecule has 0 bridgehead atoms. The zero-order chi connectivity index (χ0) is 12.7. The van der Waals surface area contributed by atoms with Gasteiger partial charge in [0.25, 0.3) is 0 Å². The van der Waals surface area contributed by atoms with E-state index in [2.05, 4.69) is 30.9 Å². The number of aryl methyl sites for hydroxylation is 2. The van der Waals surface area contributed by atoms with Crippen LogP contribution < -0.4 is 0 Å². The number of nitrogens with zero attached hydrogens (tertiary/aromatic N) is 3. The van der Waals surface area contributed by atoms with Gasteiger partial charge in [-0.25, -0.2) is 9.67 Å². The lowest BCUT2D eigenvalue weighted by atomic mass is 10.1. The van der Waals surface area contributed by atoms with E-state index in [1.807, 2.05) is 18.5 Å². The zero-order valence-electron chi connectivity index (χ0n) is 11.0. The summed E-state index contributed by atoms with van der Waals surface area (Å²) in [6.45, 7) is 10.3. The molecule has 4 heteroatoms. The second-order valence-corrected chi connectivity index (χ2v) is 5.04. The van der Waals surface area contributed by atoms with Gasteiger partial charge in [-0.3, -0.25) is 0 Å². The maximum Gasteiger partial charge on any atom is 0.160 e. The van der Waals surface area contributed by atoms with Crippen LogP contribution in [0, 0.1) is 13.8 Å². The number of pyridine rings is 1. The van der Waals surface area contributed by atoms with Gasteiger partial charge in [0.05, 0.1) is 16.1 Å². The lowest BCUT2D eigenvalue weighted by molar-refractivity contribution is 0.542. The van der Waals surface area contributed by atoms with Gasteiger partial charge in [-0.15, -0.1) is 0 Å². The Morgan fingerprint density at radius 1 is 1.24 bits per heavy atom. The SMILES string of the molecule is CCc1c(C)nc2c(c(C)nn2C(C)C)c1Cl. The zero-order valence-corrected chi connectivity index (χ0v) is 11.8. The Balaban J connectivity index is 2.88. The van der Waals surface area contributed by atoms with E-state index in [0.29, 0.717) is 6.04 Å². The molecule has 2 aromatic rings. The van der Waals surface area contributed by atoms with Crippen molar-refractivity contribution in [3.05, 3.63) is 22.0 Å². The standard InChI is InChI=1S/C13H18ClN3/c1-6-10-8(4)15-13-11(12(10)14)9(5)16-17(13)7(2)3/h7H,6H2,1-5H3. The summed E-state index contributed by atoms with van der Waals surface area (Å²) >= 11 is 6.48. The summed E-state index contributed by atoms with van der Waals surface area (Å²) in [6, 6.07) is 0.293. The quantitative estimate of drug-likeness (QED) is 0.812. The first-order valence-corrected chi connectivity index (χ1v) is 6.38. The molecule has 0 saturated carbocycles. The van der Waals surface area contributed by atoms with E-state index in [0.717, 1.165) is 39.4 Å². The Bertz CT molecular complexity index is 570. The number of halogens is 1. The lowest BCUT2D eigenvalue weighted by Gasteiger charge is -2.10. The number of aromatic nitrogens is 3. The predicted molar refractivity (Wildman–Crippen MR) is 71.8 cm³/mol. The Morgan fingerprint density at radius 3 is 2.41 bits per heavy atom. The van der Waals surface area contributed by atoms with Crippen LogP contribution in [0.3, 0.4) is 0 Å². The third-order valence-corrected chi connectivity index (χ3v) is 3.51. The molecule has 0 spiro atoms. The van der Waals surface area contributed by atoms with Crippen LogP contribution >= 0.6 is 11.6 Å². The molecule has 0 unspecified atom stereocenters. The Kier molecular flexibility index (Phi) is 3.13. The fourth-order valence-corrected chi connectivity index (χ4v) is 2.70. The topological polar surface area (TPSA) is 30.7 Å². The third-order valence-electron chi connectivity index (χ3n) is 3.10. The van der Waals surface area contributed by atoms with Crippen molar-refractivity contribution in [2.75, 3.05) is 0 Å². The molecule has 0 N–H and O–H groups in total. The van der Waals surface area contributed by atoms with Crippen molar-refractivity contribution in [1.29, 1.82) is 0 Å². The number of rotatable bonds is 2. The summed E-state index contributed by atoms with van der Waals surface area (Å²) in [7, 11) is 0. The monoisotopic (exact) mass is 251 g/mol. The average Bonchev–Trinajstić information content (AvgIpc) is 2.56. The highest BCUT2D eigenvalue weighted by Crippen LogP contribution is 2.31. The number of hydrogen-bond donors (Lipinski definition) is 0. The van der Waals surface area contributed by atoms with Crippen LogP contribution in [0.4, 0.5) is 0 Å². The van der Waals surface area contributed by atoms with Crippen LogP contribution in [0.1, 0.15) is 43.8 Å². The molecule has 0 aliphatic heterocycles. The fourth-order valence-electron chi connectivity index (χ4n) is 2.21. The van der Waals surface area contributed by atoms with Gasteiger partial charge in [0.2, 0.25) is 0 Å². The molecule has 0 fully saturated rings. The largest absolute Gasteiger partial charge is 0.244 e. The van der Waals surface area contributed by atoms with Gasteiger partial charge in [-0.2, -0.15) is 5.10 Å². The van der Waals surface area contributed by atoms with Crippen molar-refractivity contribution in [2.24, 2.45) is 0 Å². The van der Waals surface area contributed by atoms with Crippen LogP contribution in [-0.4, -0.2) is 14.8 Å². The van der Waals surface area contributed by atoms with Crippen molar-refractivity contribution in [2.45, 2.75) is 47.1 Å². The molecule has 2 heterocycles. The van der Waals surface area contributed by atoms with Crippen LogP contribution in [0.2, 0.25) is 5.02 Å². The van der Waals surface area contributed by atoms with E-state index < -0.39 is 0 Å². The molecule has 0 aromatic carbocycles. The summed E-state index contributed by atoms with van der Waals surface area (Å²) in [5, 5.41) is 6.36. The molecule has 0 amide bonds. The molecule has 3 nitrogen and oxygen atoms in total. The van der Waals surface area contributed by atoms with Gasteiger partial charge < -0.3 is 0 Å². The first kappa shape index (κ1) is 12.4. The second-order valence-electron chi connectivity index (χ2n) is 4.67. The number of hydrogen-bond acceptors (Lipinski definition) is 2. The highest BCUT2D eigenvalue weighted by molar-refractivity contribution is 6.36. The molecule has 92 valence electrons. The Labute approximate surface area is 107 Å². The first-order chi connectivity index (χ1) is 7.97. The Morgan fingerprint density at radius 2 is 1.88 bits per heavy atom. The van der Waals surface area contributed by atoms with E-state index in [1.165, 1.54) is 0 Å². The maximum absolute atomic E-state index is 6.48. The highest BCUT2D eigenvalue weighted by atomic mass is 35.5. The molecule has 0 aliphatic carbocycles. The molecule has 0 atom stereocenters. The van der Waals surface area contributed by atoms with E-state index in [9.17, 15) is 0 Å². The van der Waals surface area contributed by atoms with E-state index in [-0.39, 0.29) is 0 Å². The summed E-state index contributed by atoms with van der Waals surface area (Å²) in [6.07, 6.45) is 0.903. The van der Waals surface area contributed by atoms with Crippen molar-refractivity contribution < 1.29 is 0 Å². The van der Waals surface area contributed by atoms with E-state index in [4.69, 9.17) is 11.6 Å². The van der Waals surface area contributed by atoms with Crippen LogP contribution in [0.5, 0.6) is 0 Å². The van der Waals surface area contributed by atoms with Gasteiger partial charge in [0.1, 0.15) is 0 Å². The normalized spacial score (nSPS) is 11.7. The Hall–Kier alpha value is -1.09. The van der Waals surface area contributed by atoms with Crippen molar-refractivity contribution in [3.8, 4) is 0 Å². The summed E-state index contributed by atoms with van der Waals surface area (Å²) in [4.78, 5) is 4.67. The second kappa shape index (κ2) is 4.30. The number of fused-ring (bicyclic) bond motifs is 1. The molecule has 2 rings (SSSR count). The van der Waals surface area contributed by atoms with E-state index in [1.54, 1.807) is 0 Å². The average molecular weight is 252 g/mol. The van der Waals surface area contributed by atoms with Crippen LogP contribution in [-0.2, 0) is 6.42 Å². The van der Waals surface area contributed by atoms with Crippen LogP contribution in [0.25, 0.3) is 11.0 Å². The van der Waals surface area contributed by atoms with Crippen molar-refractivity contribution >= 4 is 22.6 Å². The van der Waals surface area contributed by atoms with E-state index >= 15 is 0 Å². The maximum atomic E-state index is 6.48. The third kappa shape index (κ3) is 1.82. The minimum Gasteiger partial charge on any atom is -0.244 e. The van der Waals surface area contributed by atoms with Crippen molar-refractivity contribution in [3.63, 3.8) is 0 Å². The van der Waals surface area contributed by atoms with Crippen LogP contribution in [0.15, 0.2) is 0 Å². The summed E-state index contributed by atoms with van der Waals surface area (Å²) < 4.78 is 1.95. The first-order valence-electron chi connectivity index (χ1n) is 6.01. The predicted octanol–water partition coefficient (Wildman–Crippen LogP) is 3.84. The van der Waals surface area contributed by atoms with Gasteiger partial charge in [-0.1, -0.05) is 18.5 Å². The molecule has 17 heavy (non-hydrogen) atoms. The smallest absolute Gasteiger partial charge is 0.160 e. The minimum atomic E-state index is 0.293. The highest BCUT2D eigenvalue weighted by Gasteiger charge is 2.17. The molecule has 2 aromatic heterocycles. The van der Waals surface area contributed by atoms with Gasteiger partial charge in [0, 0.05) is 11.7 Å². The van der Waals surface area contributed by atoms with Crippen molar-refractivity contribution in [1.82, 2.24) is 14.8 Å². The van der Waals surface area contributed by atoms with Gasteiger partial charge >= 0.3 is 0 Å². The molecule has 0 radical (unpaired) electrons. The molecule has 0 saturated heterocycles. The summed E-state index contributed by atoms with van der Waals surface area (Å²) in [5.74, 6) is 0. The molecule has 0 aliphatic rings. The molecular formula is C13H18ClN3. The molecular weight excluding hydrogens is 234 g/mol.